The molecule has 0 aliphatic rings. The molecule has 1 aromatic heterocycles. The van der Waals surface area contributed by atoms with E-state index in [4.69, 9.17) is 0 Å². The third-order valence-electron chi connectivity index (χ3n) is 3.63. The number of amides is 2. The number of carbonyl (C=O) groups is 2. The number of hydrogen-bond acceptors (Lipinski definition) is 5. The fraction of sp³-hybridized carbons (Fsp3) is 0.100. The molecule has 0 spiro atoms. The largest absolute Gasteiger partial charge is 0.326 e. The van der Waals surface area contributed by atoms with Gasteiger partial charge in [-0.15, -0.1) is 0 Å². The molecule has 28 heavy (non-hydrogen) atoms. The van der Waals surface area contributed by atoms with E-state index in [0.717, 1.165) is 0 Å². The lowest BCUT2D eigenvalue weighted by atomic mass is 10.2. The number of benzene rings is 2. The highest BCUT2D eigenvalue weighted by Gasteiger charge is 2.12. The lowest BCUT2D eigenvalue weighted by Crippen LogP contribution is -2.16. The molecule has 3 N–H and O–H groups in total. The molecule has 142 valence electrons. The fourth-order valence-corrected chi connectivity index (χ4v) is 2.48. The van der Waals surface area contributed by atoms with E-state index < -0.39 is 5.91 Å². The number of aryl methyl sites for hydroxylation is 1. The normalized spacial score (nSPS) is 10.2. The highest BCUT2D eigenvalue weighted by Crippen LogP contribution is 2.18. The van der Waals surface area contributed by atoms with Crippen molar-refractivity contribution in [3.05, 3.63) is 71.8 Å². The molecule has 0 atom stereocenters. The second kappa shape index (κ2) is 8.26. The SMILES string of the molecule is CC(=O)Nc1cccc(NC(=O)c2cc(C)nc(Nc3ccc(F)cc3)n2)c1. The van der Waals surface area contributed by atoms with Gasteiger partial charge in [0.2, 0.25) is 11.9 Å². The summed E-state index contributed by atoms with van der Waals surface area (Å²) in [5.41, 5.74) is 2.45. The highest BCUT2D eigenvalue weighted by atomic mass is 19.1. The van der Waals surface area contributed by atoms with Gasteiger partial charge in [-0.05, 0) is 55.5 Å². The Hall–Kier alpha value is -3.81. The lowest BCUT2D eigenvalue weighted by molar-refractivity contribution is -0.114. The summed E-state index contributed by atoms with van der Waals surface area (Å²) in [5.74, 6) is -0.750. The third kappa shape index (κ3) is 5.10. The van der Waals surface area contributed by atoms with Gasteiger partial charge in [-0.2, -0.15) is 0 Å². The molecule has 0 saturated heterocycles. The Morgan fingerprint density at radius 3 is 2.25 bits per heavy atom. The van der Waals surface area contributed by atoms with Crippen LogP contribution in [0, 0.1) is 12.7 Å². The van der Waals surface area contributed by atoms with Crippen molar-refractivity contribution < 1.29 is 14.0 Å². The van der Waals surface area contributed by atoms with Gasteiger partial charge in [0.1, 0.15) is 11.5 Å². The Bertz CT molecular complexity index is 1020. The summed E-state index contributed by atoms with van der Waals surface area (Å²) in [6, 6.07) is 14.1. The van der Waals surface area contributed by atoms with Crippen LogP contribution in [0.5, 0.6) is 0 Å². The van der Waals surface area contributed by atoms with E-state index in [1.54, 1.807) is 49.4 Å². The van der Waals surface area contributed by atoms with Gasteiger partial charge in [-0.1, -0.05) is 6.07 Å². The first-order valence-corrected chi connectivity index (χ1v) is 8.46. The summed E-state index contributed by atoms with van der Waals surface area (Å²) in [5, 5.41) is 8.34. The number of hydrogen-bond donors (Lipinski definition) is 3. The second-order valence-electron chi connectivity index (χ2n) is 6.07. The van der Waals surface area contributed by atoms with Crippen molar-refractivity contribution in [1.82, 2.24) is 9.97 Å². The van der Waals surface area contributed by atoms with E-state index in [1.807, 2.05) is 0 Å². The van der Waals surface area contributed by atoms with E-state index in [-0.39, 0.29) is 23.4 Å². The molecule has 2 amide bonds. The molecule has 7 nitrogen and oxygen atoms in total. The minimum absolute atomic E-state index is 0.169. The smallest absolute Gasteiger partial charge is 0.274 e. The zero-order valence-corrected chi connectivity index (χ0v) is 15.3. The maximum Gasteiger partial charge on any atom is 0.274 e. The third-order valence-corrected chi connectivity index (χ3v) is 3.63. The van der Waals surface area contributed by atoms with Crippen LogP contribution in [0.4, 0.5) is 27.4 Å². The van der Waals surface area contributed by atoms with Crippen molar-refractivity contribution in [3.8, 4) is 0 Å². The molecule has 0 aliphatic heterocycles. The molecular weight excluding hydrogens is 361 g/mol. The quantitative estimate of drug-likeness (QED) is 0.625. The Morgan fingerprint density at radius 2 is 1.57 bits per heavy atom. The van der Waals surface area contributed by atoms with Crippen molar-refractivity contribution >= 4 is 34.8 Å². The average molecular weight is 379 g/mol. The van der Waals surface area contributed by atoms with Crippen LogP contribution < -0.4 is 16.0 Å². The van der Waals surface area contributed by atoms with E-state index in [1.165, 1.54) is 19.1 Å². The standard InChI is InChI=1S/C20H18FN5O2/c1-12-10-18(26-20(22-12)25-15-8-6-14(21)7-9-15)19(28)24-17-5-3-4-16(11-17)23-13(2)27/h3-11H,1-2H3,(H,23,27)(H,24,28)(H,22,25,26). The first kappa shape index (κ1) is 19.0. The van der Waals surface area contributed by atoms with E-state index in [0.29, 0.717) is 22.8 Å². The predicted molar refractivity (Wildman–Crippen MR) is 105 cm³/mol. The molecule has 2 aromatic carbocycles. The van der Waals surface area contributed by atoms with Crippen LogP contribution in [0.1, 0.15) is 23.1 Å². The van der Waals surface area contributed by atoms with Gasteiger partial charge in [-0.3, -0.25) is 9.59 Å². The summed E-state index contributed by atoms with van der Waals surface area (Å²) >= 11 is 0. The molecular formula is C20H18FN5O2. The van der Waals surface area contributed by atoms with Gasteiger partial charge in [-0.25, -0.2) is 14.4 Å². The minimum Gasteiger partial charge on any atom is -0.326 e. The maximum atomic E-state index is 13.0. The van der Waals surface area contributed by atoms with Crippen LogP contribution in [-0.2, 0) is 4.79 Å². The highest BCUT2D eigenvalue weighted by molar-refractivity contribution is 6.03. The molecule has 0 unspecified atom stereocenters. The Kier molecular flexibility index (Phi) is 5.59. The molecule has 1 heterocycles. The number of rotatable bonds is 5. The topological polar surface area (TPSA) is 96.0 Å². The molecule has 0 fully saturated rings. The number of nitrogens with one attached hydrogen (secondary N) is 3. The van der Waals surface area contributed by atoms with Crippen LogP contribution >= 0.6 is 0 Å². The van der Waals surface area contributed by atoms with Crippen molar-refractivity contribution in [2.75, 3.05) is 16.0 Å². The van der Waals surface area contributed by atoms with Crippen LogP contribution in [0.25, 0.3) is 0 Å². The Labute approximate surface area is 161 Å². The molecule has 3 aromatic rings. The van der Waals surface area contributed by atoms with Crippen LogP contribution in [0.2, 0.25) is 0 Å². The number of carbonyl (C=O) groups excluding carboxylic acids is 2. The van der Waals surface area contributed by atoms with Crippen LogP contribution in [-0.4, -0.2) is 21.8 Å². The number of nitrogens with zero attached hydrogens (tertiary/aromatic N) is 2. The summed E-state index contributed by atoms with van der Waals surface area (Å²) in [6.07, 6.45) is 0. The summed E-state index contributed by atoms with van der Waals surface area (Å²) in [6.45, 7) is 3.15. The van der Waals surface area contributed by atoms with Gasteiger partial charge in [0, 0.05) is 29.7 Å². The van der Waals surface area contributed by atoms with Crippen molar-refractivity contribution in [3.63, 3.8) is 0 Å². The van der Waals surface area contributed by atoms with E-state index in [9.17, 15) is 14.0 Å². The van der Waals surface area contributed by atoms with E-state index >= 15 is 0 Å². The van der Waals surface area contributed by atoms with Gasteiger partial charge in [0.05, 0.1) is 0 Å². The number of aromatic nitrogens is 2. The lowest BCUT2D eigenvalue weighted by Gasteiger charge is -2.10. The molecule has 3 rings (SSSR count). The van der Waals surface area contributed by atoms with Crippen LogP contribution in [0.15, 0.2) is 54.6 Å². The predicted octanol–water partition coefficient (Wildman–Crippen LogP) is 3.88. The van der Waals surface area contributed by atoms with E-state index in [2.05, 4.69) is 25.9 Å². The monoisotopic (exact) mass is 379 g/mol. The molecule has 0 bridgehead atoms. The van der Waals surface area contributed by atoms with Crippen LogP contribution in [0.3, 0.4) is 0 Å². The van der Waals surface area contributed by atoms with Gasteiger partial charge >= 0.3 is 0 Å². The molecule has 0 saturated carbocycles. The maximum absolute atomic E-state index is 13.0. The van der Waals surface area contributed by atoms with Gasteiger partial charge in [0.25, 0.3) is 5.91 Å². The number of anilines is 4. The van der Waals surface area contributed by atoms with Crippen molar-refractivity contribution in [2.24, 2.45) is 0 Å². The summed E-state index contributed by atoms with van der Waals surface area (Å²) < 4.78 is 13.0. The Morgan fingerprint density at radius 1 is 0.893 bits per heavy atom. The van der Waals surface area contributed by atoms with Gasteiger partial charge in [0.15, 0.2) is 0 Å². The number of halogens is 1. The zero-order chi connectivity index (χ0) is 20.1. The summed E-state index contributed by atoms with van der Waals surface area (Å²) in [7, 11) is 0. The Balaban J connectivity index is 1.77. The fourth-order valence-electron chi connectivity index (χ4n) is 2.48. The second-order valence-corrected chi connectivity index (χ2v) is 6.07. The van der Waals surface area contributed by atoms with Crippen molar-refractivity contribution in [1.29, 1.82) is 0 Å². The minimum atomic E-state index is -0.423. The summed E-state index contributed by atoms with van der Waals surface area (Å²) in [4.78, 5) is 32.2. The molecule has 0 aliphatic carbocycles. The first-order chi connectivity index (χ1) is 13.4. The first-order valence-electron chi connectivity index (χ1n) is 8.46. The molecule has 8 heteroatoms. The van der Waals surface area contributed by atoms with Gasteiger partial charge < -0.3 is 16.0 Å². The zero-order valence-electron chi connectivity index (χ0n) is 15.3. The molecule has 0 radical (unpaired) electrons. The average Bonchev–Trinajstić information content (AvgIpc) is 2.63. The van der Waals surface area contributed by atoms with Crippen molar-refractivity contribution in [2.45, 2.75) is 13.8 Å².